The Morgan fingerprint density at radius 2 is 2.75 bits per heavy atom. The Labute approximate surface area is 45.9 Å². The van der Waals surface area contributed by atoms with Crippen molar-refractivity contribution < 1.29 is 4.74 Å². The van der Waals surface area contributed by atoms with E-state index in [2.05, 4.69) is 15.5 Å². The van der Waals surface area contributed by atoms with Crippen molar-refractivity contribution in [2.45, 2.75) is 0 Å². The third kappa shape index (κ3) is 0.318. The van der Waals surface area contributed by atoms with Crippen LogP contribution in [0.1, 0.15) is 0 Å². The van der Waals surface area contributed by atoms with Crippen molar-refractivity contribution in [1.82, 2.24) is 10.2 Å². The number of nitrogens with one attached hydrogen (secondary N) is 2. The standard InChI is InChI=1S/C4H5N3O/c1-3-4(7-6-1)8-2-5-3/h1,5H,2H2,(H,6,7). The van der Waals surface area contributed by atoms with Gasteiger partial charge in [-0.1, -0.05) is 0 Å². The number of hydrogen-bond donors (Lipinski definition) is 2. The largest absolute Gasteiger partial charge is 0.455 e. The van der Waals surface area contributed by atoms with Gasteiger partial charge in [-0.15, -0.1) is 0 Å². The molecule has 0 saturated heterocycles. The molecule has 4 heteroatoms. The van der Waals surface area contributed by atoms with Crippen LogP contribution in [-0.4, -0.2) is 16.9 Å². The minimum absolute atomic E-state index is 0.559. The molecule has 1 aromatic rings. The smallest absolute Gasteiger partial charge is 0.235 e. The number of aromatic nitrogens is 2. The van der Waals surface area contributed by atoms with E-state index < -0.39 is 0 Å². The van der Waals surface area contributed by atoms with Crippen LogP contribution in [0.3, 0.4) is 0 Å². The number of anilines is 1. The lowest BCUT2D eigenvalue weighted by molar-refractivity contribution is 0.356. The van der Waals surface area contributed by atoms with Crippen molar-refractivity contribution in [3.05, 3.63) is 6.20 Å². The van der Waals surface area contributed by atoms with E-state index >= 15 is 0 Å². The average molecular weight is 111 g/mol. The number of rotatable bonds is 0. The van der Waals surface area contributed by atoms with Crippen LogP contribution in [0.4, 0.5) is 5.69 Å². The molecule has 0 spiro atoms. The lowest BCUT2D eigenvalue weighted by Gasteiger charge is -1.86. The summed E-state index contributed by atoms with van der Waals surface area (Å²) in [6, 6.07) is 0. The Balaban J connectivity index is 2.54. The molecule has 2 heterocycles. The Hall–Kier alpha value is -1.19. The van der Waals surface area contributed by atoms with Gasteiger partial charge in [0.2, 0.25) is 5.88 Å². The van der Waals surface area contributed by atoms with Gasteiger partial charge in [0.1, 0.15) is 5.69 Å². The molecule has 0 fully saturated rings. The molecule has 0 bridgehead atoms. The van der Waals surface area contributed by atoms with Gasteiger partial charge >= 0.3 is 0 Å². The molecule has 0 aliphatic carbocycles. The normalized spacial score (nSPS) is 14.5. The molecule has 0 unspecified atom stereocenters. The van der Waals surface area contributed by atoms with Crippen LogP contribution in [0, 0.1) is 0 Å². The van der Waals surface area contributed by atoms with Gasteiger partial charge < -0.3 is 10.1 Å². The fraction of sp³-hybridized carbons (Fsp3) is 0.250. The second-order valence-corrected chi connectivity index (χ2v) is 1.58. The van der Waals surface area contributed by atoms with Gasteiger partial charge in [-0.25, -0.2) is 5.10 Å². The van der Waals surface area contributed by atoms with E-state index in [9.17, 15) is 0 Å². The quantitative estimate of drug-likeness (QED) is 0.501. The van der Waals surface area contributed by atoms with Crippen LogP contribution >= 0.6 is 0 Å². The summed E-state index contributed by atoms with van der Waals surface area (Å²) in [6.45, 7) is 0.559. The van der Waals surface area contributed by atoms with Crippen LogP contribution in [-0.2, 0) is 0 Å². The van der Waals surface area contributed by atoms with E-state index in [1.54, 1.807) is 6.20 Å². The summed E-state index contributed by atoms with van der Waals surface area (Å²) in [5.74, 6) is 0.741. The minimum Gasteiger partial charge on any atom is -0.455 e. The maximum absolute atomic E-state index is 5.01. The Bertz CT molecular complexity index is 176. The van der Waals surface area contributed by atoms with Crippen LogP contribution in [0.25, 0.3) is 0 Å². The SMILES string of the molecule is c1n[nH]c2c1NCO2. The van der Waals surface area contributed by atoms with Crippen LogP contribution < -0.4 is 10.1 Å². The molecule has 0 amide bonds. The first-order chi connectivity index (χ1) is 3.97. The molecule has 0 atom stereocenters. The molecule has 0 aromatic carbocycles. The predicted octanol–water partition coefficient (Wildman–Crippen LogP) is 0.171. The van der Waals surface area contributed by atoms with E-state index in [0.717, 1.165) is 11.6 Å². The summed E-state index contributed by atoms with van der Waals surface area (Å²) in [5.41, 5.74) is 0.949. The molecule has 2 rings (SSSR count). The molecule has 1 aliphatic rings. The second kappa shape index (κ2) is 1.15. The minimum atomic E-state index is 0.559. The Morgan fingerprint density at radius 3 is 3.62 bits per heavy atom. The molecule has 8 heavy (non-hydrogen) atoms. The van der Waals surface area contributed by atoms with Crippen LogP contribution in [0.15, 0.2) is 6.20 Å². The van der Waals surface area contributed by atoms with Crippen molar-refractivity contribution in [3.63, 3.8) is 0 Å². The summed E-state index contributed by atoms with van der Waals surface area (Å²) in [4.78, 5) is 0. The van der Waals surface area contributed by atoms with E-state index in [1.165, 1.54) is 0 Å². The molecule has 42 valence electrons. The zero-order valence-corrected chi connectivity index (χ0v) is 4.14. The molecule has 4 nitrogen and oxygen atoms in total. The molecule has 1 aromatic heterocycles. The number of aromatic amines is 1. The van der Waals surface area contributed by atoms with Gasteiger partial charge in [0.25, 0.3) is 0 Å². The number of fused-ring (bicyclic) bond motifs is 1. The summed E-state index contributed by atoms with van der Waals surface area (Å²) >= 11 is 0. The monoisotopic (exact) mass is 111 g/mol. The molecule has 0 saturated carbocycles. The Morgan fingerprint density at radius 1 is 1.75 bits per heavy atom. The summed E-state index contributed by atoms with van der Waals surface area (Å²) < 4.78 is 5.01. The highest BCUT2D eigenvalue weighted by Crippen LogP contribution is 2.23. The first-order valence-corrected chi connectivity index (χ1v) is 2.37. The maximum atomic E-state index is 5.01. The van der Waals surface area contributed by atoms with Crippen molar-refractivity contribution >= 4 is 5.69 Å². The average Bonchev–Trinajstić information content (AvgIpc) is 2.15. The number of nitrogens with zero attached hydrogens (tertiary/aromatic N) is 1. The van der Waals surface area contributed by atoms with E-state index in [1.807, 2.05) is 0 Å². The van der Waals surface area contributed by atoms with Gasteiger partial charge in [-0.2, -0.15) is 5.10 Å². The summed E-state index contributed by atoms with van der Waals surface area (Å²) in [7, 11) is 0. The van der Waals surface area contributed by atoms with Crippen molar-refractivity contribution in [2.24, 2.45) is 0 Å². The van der Waals surface area contributed by atoms with E-state index in [-0.39, 0.29) is 0 Å². The van der Waals surface area contributed by atoms with Gasteiger partial charge in [0.05, 0.1) is 6.20 Å². The van der Waals surface area contributed by atoms with Crippen LogP contribution in [0.5, 0.6) is 5.88 Å². The summed E-state index contributed by atoms with van der Waals surface area (Å²) in [6.07, 6.45) is 1.70. The van der Waals surface area contributed by atoms with Gasteiger partial charge in [-0.3, -0.25) is 0 Å². The van der Waals surface area contributed by atoms with Gasteiger partial charge in [0.15, 0.2) is 6.73 Å². The van der Waals surface area contributed by atoms with Crippen molar-refractivity contribution in [1.29, 1.82) is 0 Å². The fourth-order valence-electron chi connectivity index (χ4n) is 0.696. The molecular weight excluding hydrogens is 106 g/mol. The van der Waals surface area contributed by atoms with Crippen LogP contribution in [0.2, 0.25) is 0 Å². The van der Waals surface area contributed by atoms with Gasteiger partial charge in [-0.05, 0) is 0 Å². The second-order valence-electron chi connectivity index (χ2n) is 1.58. The van der Waals surface area contributed by atoms with Gasteiger partial charge in [0, 0.05) is 0 Å². The molecule has 0 radical (unpaired) electrons. The highest BCUT2D eigenvalue weighted by atomic mass is 16.5. The first-order valence-electron chi connectivity index (χ1n) is 2.37. The third-order valence-electron chi connectivity index (χ3n) is 1.08. The fourth-order valence-corrected chi connectivity index (χ4v) is 0.696. The zero-order valence-electron chi connectivity index (χ0n) is 4.14. The number of hydrogen-bond acceptors (Lipinski definition) is 3. The zero-order chi connectivity index (χ0) is 5.40. The summed E-state index contributed by atoms with van der Waals surface area (Å²) in [5, 5.41) is 9.38. The lowest BCUT2D eigenvalue weighted by Crippen LogP contribution is -1.97. The Kier molecular flexibility index (Phi) is 0.542. The third-order valence-corrected chi connectivity index (χ3v) is 1.08. The molecular formula is C4H5N3O. The molecule has 1 aliphatic heterocycles. The predicted molar refractivity (Wildman–Crippen MR) is 27.7 cm³/mol. The lowest BCUT2D eigenvalue weighted by atomic mass is 10.6. The van der Waals surface area contributed by atoms with E-state index in [0.29, 0.717) is 6.73 Å². The highest BCUT2D eigenvalue weighted by Gasteiger charge is 2.10. The van der Waals surface area contributed by atoms with Crippen molar-refractivity contribution in [3.8, 4) is 5.88 Å². The highest BCUT2D eigenvalue weighted by molar-refractivity contribution is 5.53. The number of ether oxygens (including phenoxy) is 1. The van der Waals surface area contributed by atoms with Crippen molar-refractivity contribution in [2.75, 3.05) is 12.0 Å². The first kappa shape index (κ1) is 3.77. The molecule has 2 N–H and O–H groups in total. The maximum Gasteiger partial charge on any atom is 0.235 e. The topological polar surface area (TPSA) is 49.9 Å². The van der Waals surface area contributed by atoms with E-state index in [4.69, 9.17) is 4.74 Å². The number of H-pyrrole nitrogens is 1.